The van der Waals surface area contributed by atoms with Crippen molar-refractivity contribution in [2.24, 2.45) is 11.0 Å². The fraction of sp³-hybridized carbons (Fsp3) is 0.846. The molecule has 1 atom stereocenters. The van der Waals surface area contributed by atoms with Crippen LogP contribution in [0, 0.1) is 5.92 Å². The van der Waals surface area contributed by atoms with E-state index in [-0.39, 0.29) is 0 Å². The van der Waals surface area contributed by atoms with Crippen LogP contribution in [0.4, 0.5) is 0 Å². The maximum atomic E-state index is 5.31. The van der Waals surface area contributed by atoms with E-state index >= 15 is 0 Å². The zero-order chi connectivity index (χ0) is 14.1. The fourth-order valence-corrected chi connectivity index (χ4v) is 1.88. The quantitative estimate of drug-likeness (QED) is 0.437. The Morgan fingerprint density at radius 2 is 2.11 bits per heavy atom. The number of thiocarbonyl (C=S) groups is 1. The Morgan fingerprint density at radius 1 is 1.42 bits per heavy atom. The Kier molecular flexibility index (Phi) is 7.93. The van der Waals surface area contributed by atoms with Crippen LogP contribution in [0.3, 0.4) is 0 Å². The van der Waals surface area contributed by atoms with Gasteiger partial charge in [0.15, 0.2) is 5.11 Å². The highest BCUT2D eigenvalue weighted by molar-refractivity contribution is 7.80. The number of rotatable bonds is 6. The summed E-state index contributed by atoms with van der Waals surface area (Å²) in [7, 11) is 0. The third-order valence-electron chi connectivity index (χ3n) is 3.48. The molecule has 0 aromatic heterocycles. The molecule has 0 radical (unpaired) electrons. The molecule has 110 valence electrons. The molecule has 1 fully saturated rings. The molecule has 0 aromatic carbocycles. The van der Waals surface area contributed by atoms with Crippen LogP contribution in [0.15, 0.2) is 5.10 Å². The van der Waals surface area contributed by atoms with Crippen LogP contribution in [0.5, 0.6) is 0 Å². The fourth-order valence-electron chi connectivity index (χ4n) is 1.74. The van der Waals surface area contributed by atoms with E-state index in [4.69, 9.17) is 17.0 Å². The maximum Gasteiger partial charge on any atom is 0.186 e. The largest absolute Gasteiger partial charge is 0.379 e. The lowest BCUT2D eigenvalue weighted by Crippen LogP contribution is -2.43. The first-order chi connectivity index (χ1) is 9.13. The van der Waals surface area contributed by atoms with E-state index < -0.39 is 0 Å². The lowest BCUT2D eigenvalue weighted by Gasteiger charge is -2.26. The van der Waals surface area contributed by atoms with E-state index in [1.165, 1.54) is 0 Å². The van der Waals surface area contributed by atoms with Gasteiger partial charge in [-0.15, -0.1) is 0 Å². The molecule has 5 nitrogen and oxygen atoms in total. The summed E-state index contributed by atoms with van der Waals surface area (Å²) in [5.74, 6) is 0.489. The van der Waals surface area contributed by atoms with Crippen molar-refractivity contribution in [3.05, 3.63) is 0 Å². The molecule has 0 bridgehead atoms. The predicted molar refractivity (Wildman–Crippen MR) is 83.6 cm³/mol. The molecule has 1 aliphatic heterocycles. The van der Waals surface area contributed by atoms with E-state index in [2.05, 4.69) is 34.6 Å². The van der Waals surface area contributed by atoms with Gasteiger partial charge >= 0.3 is 0 Å². The van der Waals surface area contributed by atoms with Crippen LogP contribution >= 0.6 is 12.2 Å². The molecule has 1 heterocycles. The lowest BCUT2D eigenvalue weighted by atomic mass is 10.1. The Hall–Kier alpha value is -0.720. The first-order valence-corrected chi connectivity index (χ1v) is 7.42. The molecular weight excluding hydrogens is 260 g/mol. The summed E-state index contributed by atoms with van der Waals surface area (Å²) in [4.78, 5) is 2.37. The molecular formula is C13H26N4OS. The van der Waals surface area contributed by atoms with Crippen LogP contribution in [-0.4, -0.2) is 55.1 Å². The van der Waals surface area contributed by atoms with Gasteiger partial charge in [0.25, 0.3) is 0 Å². The Labute approximate surface area is 121 Å². The van der Waals surface area contributed by atoms with Crippen LogP contribution in [0.1, 0.15) is 27.2 Å². The normalized spacial score (nSPS) is 19.0. The monoisotopic (exact) mass is 286 g/mol. The van der Waals surface area contributed by atoms with Crippen molar-refractivity contribution < 1.29 is 4.74 Å². The van der Waals surface area contributed by atoms with Gasteiger partial charge < -0.3 is 10.1 Å². The van der Waals surface area contributed by atoms with Gasteiger partial charge in [-0.1, -0.05) is 13.8 Å². The van der Waals surface area contributed by atoms with Crippen molar-refractivity contribution >= 4 is 23.0 Å². The third-order valence-corrected chi connectivity index (χ3v) is 3.71. The zero-order valence-corrected chi connectivity index (χ0v) is 13.1. The average Bonchev–Trinajstić information content (AvgIpc) is 2.45. The number of morpholine rings is 1. The Bertz CT molecular complexity index is 303. The highest BCUT2D eigenvalue weighted by atomic mass is 32.1. The number of ether oxygens (including phenoxy) is 1. The molecule has 1 saturated heterocycles. The maximum absolute atomic E-state index is 5.31. The predicted octanol–water partition coefficient (Wildman–Crippen LogP) is 1.20. The van der Waals surface area contributed by atoms with Crippen LogP contribution in [-0.2, 0) is 4.74 Å². The molecule has 6 heteroatoms. The molecule has 0 unspecified atom stereocenters. The Balaban J connectivity index is 2.13. The standard InChI is InChI=1S/C13H26N4OS/c1-4-11(2)12(3)15-16-13(19)14-5-6-17-7-9-18-10-8-17/h11H,4-10H2,1-3H3,(H2,14,16,19)/b15-12-/t11-/m1/s1. The number of nitrogens with one attached hydrogen (secondary N) is 2. The number of hydrogen-bond donors (Lipinski definition) is 2. The van der Waals surface area contributed by atoms with Crippen LogP contribution in [0.25, 0.3) is 0 Å². The minimum Gasteiger partial charge on any atom is -0.379 e. The second kappa shape index (κ2) is 9.23. The van der Waals surface area contributed by atoms with E-state index in [1.54, 1.807) is 0 Å². The van der Waals surface area contributed by atoms with E-state index in [9.17, 15) is 0 Å². The molecule has 0 aromatic rings. The second-order valence-corrected chi connectivity index (χ2v) is 5.29. The summed E-state index contributed by atoms with van der Waals surface area (Å²) in [6.45, 7) is 11.8. The summed E-state index contributed by atoms with van der Waals surface area (Å²) in [6.07, 6.45) is 1.09. The molecule has 1 aliphatic rings. The van der Waals surface area contributed by atoms with Gasteiger partial charge in [0.05, 0.1) is 13.2 Å². The summed E-state index contributed by atoms with van der Waals surface area (Å²) in [5.41, 5.74) is 3.98. The lowest BCUT2D eigenvalue weighted by molar-refractivity contribution is 0.0389. The minimum absolute atomic E-state index is 0.489. The third kappa shape index (κ3) is 6.84. The summed E-state index contributed by atoms with van der Waals surface area (Å²) >= 11 is 5.19. The number of nitrogens with zero attached hydrogens (tertiary/aromatic N) is 2. The average molecular weight is 286 g/mol. The topological polar surface area (TPSA) is 48.9 Å². The van der Waals surface area contributed by atoms with Gasteiger partial charge in [-0.2, -0.15) is 5.10 Å². The molecule has 2 N–H and O–H groups in total. The van der Waals surface area contributed by atoms with Gasteiger partial charge in [-0.3, -0.25) is 10.3 Å². The van der Waals surface area contributed by atoms with Crippen molar-refractivity contribution in [1.82, 2.24) is 15.6 Å². The molecule has 0 spiro atoms. The first kappa shape index (κ1) is 16.3. The minimum atomic E-state index is 0.489. The van der Waals surface area contributed by atoms with Crippen molar-refractivity contribution in [2.45, 2.75) is 27.2 Å². The molecule has 0 amide bonds. The van der Waals surface area contributed by atoms with Crippen LogP contribution < -0.4 is 10.7 Å². The van der Waals surface area contributed by atoms with Crippen molar-refractivity contribution in [3.8, 4) is 0 Å². The highest BCUT2D eigenvalue weighted by Gasteiger charge is 2.09. The number of hydrogen-bond acceptors (Lipinski definition) is 4. The van der Waals surface area contributed by atoms with Gasteiger partial charge in [0.1, 0.15) is 0 Å². The molecule has 0 saturated carbocycles. The molecule has 0 aliphatic carbocycles. The highest BCUT2D eigenvalue weighted by Crippen LogP contribution is 2.02. The van der Waals surface area contributed by atoms with Crippen molar-refractivity contribution in [1.29, 1.82) is 0 Å². The van der Waals surface area contributed by atoms with E-state index in [0.29, 0.717) is 11.0 Å². The second-order valence-electron chi connectivity index (χ2n) is 4.88. The van der Waals surface area contributed by atoms with Crippen molar-refractivity contribution in [3.63, 3.8) is 0 Å². The smallest absolute Gasteiger partial charge is 0.186 e. The Morgan fingerprint density at radius 3 is 2.74 bits per heavy atom. The molecule has 1 rings (SSSR count). The van der Waals surface area contributed by atoms with Gasteiger partial charge in [0.2, 0.25) is 0 Å². The summed E-state index contributed by atoms with van der Waals surface area (Å²) in [6, 6.07) is 0. The summed E-state index contributed by atoms with van der Waals surface area (Å²) in [5, 5.41) is 8.06. The van der Waals surface area contributed by atoms with Gasteiger partial charge in [-0.25, -0.2) is 0 Å². The van der Waals surface area contributed by atoms with E-state index in [1.807, 2.05) is 6.92 Å². The van der Waals surface area contributed by atoms with Crippen LogP contribution in [0.2, 0.25) is 0 Å². The van der Waals surface area contributed by atoms with Gasteiger partial charge in [-0.05, 0) is 31.5 Å². The van der Waals surface area contributed by atoms with Gasteiger partial charge in [0, 0.05) is 31.9 Å². The SMILES string of the molecule is CC[C@@H](C)/C(C)=N\NC(=S)NCCN1CCOCC1. The zero-order valence-electron chi connectivity index (χ0n) is 12.2. The van der Waals surface area contributed by atoms with Crippen molar-refractivity contribution in [2.75, 3.05) is 39.4 Å². The van der Waals surface area contributed by atoms with E-state index in [0.717, 1.165) is 51.5 Å². The number of hydrazone groups is 1. The molecule has 19 heavy (non-hydrogen) atoms. The first-order valence-electron chi connectivity index (χ1n) is 7.01. The summed E-state index contributed by atoms with van der Waals surface area (Å²) < 4.78 is 5.31.